The third-order valence-electron chi connectivity index (χ3n) is 3.53. The molecular formula is C17H19N5O4S. The van der Waals surface area contributed by atoms with Crippen molar-refractivity contribution in [2.45, 2.75) is 26.7 Å². The van der Waals surface area contributed by atoms with Crippen LogP contribution in [0, 0.1) is 6.92 Å². The fraction of sp³-hybridized carbons (Fsp3) is 0.353. The lowest BCUT2D eigenvalue weighted by molar-refractivity contribution is -0.116. The van der Waals surface area contributed by atoms with E-state index >= 15 is 0 Å². The van der Waals surface area contributed by atoms with Crippen molar-refractivity contribution in [3.8, 4) is 22.9 Å². The molecular weight excluding hydrogens is 370 g/mol. The average molecular weight is 389 g/mol. The SMILES string of the molecule is CCOc1cc(-c2noc(CCC(=O)Nc3nnc(C)s3)n2)ccc1OC. The van der Waals surface area contributed by atoms with E-state index in [1.54, 1.807) is 19.2 Å². The van der Waals surface area contributed by atoms with E-state index in [1.807, 2.05) is 19.9 Å². The highest BCUT2D eigenvalue weighted by Crippen LogP contribution is 2.31. The summed E-state index contributed by atoms with van der Waals surface area (Å²) in [6.07, 6.45) is 0.526. The molecule has 0 aliphatic rings. The molecule has 0 fully saturated rings. The van der Waals surface area contributed by atoms with Gasteiger partial charge >= 0.3 is 0 Å². The molecule has 2 aromatic heterocycles. The molecule has 0 unspecified atom stereocenters. The lowest BCUT2D eigenvalue weighted by Gasteiger charge is -2.09. The molecule has 0 radical (unpaired) electrons. The van der Waals surface area contributed by atoms with Gasteiger partial charge < -0.3 is 19.3 Å². The molecule has 1 aromatic carbocycles. The molecule has 0 spiro atoms. The van der Waals surface area contributed by atoms with Crippen molar-refractivity contribution in [3.63, 3.8) is 0 Å². The first kappa shape index (κ1) is 18.8. The van der Waals surface area contributed by atoms with Crippen LogP contribution in [0.4, 0.5) is 5.13 Å². The number of hydrogen-bond acceptors (Lipinski definition) is 9. The van der Waals surface area contributed by atoms with Gasteiger partial charge in [-0.1, -0.05) is 16.5 Å². The molecule has 3 aromatic rings. The van der Waals surface area contributed by atoms with Crippen molar-refractivity contribution >= 4 is 22.4 Å². The van der Waals surface area contributed by atoms with Crippen LogP contribution in [0.5, 0.6) is 11.5 Å². The molecule has 1 N–H and O–H groups in total. The van der Waals surface area contributed by atoms with Crippen LogP contribution in [0.2, 0.25) is 0 Å². The Morgan fingerprint density at radius 3 is 2.85 bits per heavy atom. The molecule has 0 saturated heterocycles. The molecule has 142 valence electrons. The Labute approximate surface area is 159 Å². The molecule has 1 amide bonds. The number of carbonyl (C=O) groups is 1. The first-order valence-corrected chi connectivity index (χ1v) is 9.14. The average Bonchev–Trinajstić information content (AvgIpc) is 3.29. The van der Waals surface area contributed by atoms with Gasteiger partial charge in [0, 0.05) is 18.4 Å². The number of aromatic nitrogens is 4. The van der Waals surface area contributed by atoms with Gasteiger partial charge in [-0.2, -0.15) is 4.98 Å². The second kappa shape index (κ2) is 8.58. The number of ether oxygens (including phenoxy) is 2. The summed E-state index contributed by atoms with van der Waals surface area (Å²) in [5.41, 5.74) is 0.739. The maximum absolute atomic E-state index is 12.0. The van der Waals surface area contributed by atoms with E-state index in [9.17, 15) is 4.79 Å². The van der Waals surface area contributed by atoms with Crippen LogP contribution >= 0.6 is 11.3 Å². The molecule has 0 saturated carbocycles. The molecule has 0 bridgehead atoms. The van der Waals surface area contributed by atoms with Gasteiger partial charge in [0.1, 0.15) is 5.01 Å². The Morgan fingerprint density at radius 1 is 1.30 bits per heavy atom. The van der Waals surface area contributed by atoms with Gasteiger partial charge in [-0.25, -0.2) is 0 Å². The highest BCUT2D eigenvalue weighted by molar-refractivity contribution is 7.15. The quantitative estimate of drug-likeness (QED) is 0.626. The molecule has 3 rings (SSSR count). The third-order valence-corrected chi connectivity index (χ3v) is 4.28. The molecule has 0 aliphatic heterocycles. The fourth-order valence-electron chi connectivity index (χ4n) is 2.31. The molecule has 0 aliphatic carbocycles. The van der Waals surface area contributed by atoms with E-state index < -0.39 is 0 Å². The largest absolute Gasteiger partial charge is 0.493 e. The molecule has 2 heterocycles. The van der Waals surface area contributed by atoms with Gasteiger partial charge in [-0.05, 0) is 32.0 Å². The summed E-state index contributed by atoms with van der Waals surface area (Å²) in [5, 5.41) is 15.6. The van der Waals surface area contributed by atoms with Crippen molar-refractivity contribution in [2.75, 3.05) is 19.0 Å². The predicted molar refractivity (Wildman–Crippen MR) is 99.1 cm³/mol. The van der Waals surface area contributed by atoms with Gasteiger partial charge in [0.15, 0.2) is 11.5 Å². The van der Waals surface area contributed by atoms with Gasteiger partial charge in [0.05, 0.1) is 13.7 Å². The van der Waals surface area contributed by atoms with Crippen molar-refractivity contribution in [1.82, 2.24) is 20.3 Å². The van der Waals surface area contributed by atoms with Crippen LogP contribution in [0.1, 0.15) is 24.2 Å². The summed E-state index contributed by atoms with van der Waals surface area (Å²) < 4.78 is 16.1. The maximum atomic E-state index is 12.0. The van der Waals surface area contributed by atoms with Crippen molar-refractivity contribution in [2.24, 2.45) is 0 Å². The number of benzene rings is 1. The minimum atomic E-state index is -0.186. The number of anilines is 1. The zero-order chi connectivity index (χ0) is 19.2. The first-order chi connectivity index (χ1) is 13.1. The zero-order valence-corrected chi connectivity index (χ0v) is 16.0. The maximum Gasteiger partial charge on any atom is 0.227 e. The Hall–Kier alpha value is -3.01. The monoisotopic (exact) mass is 389 g/mol. The van der Waals surface area contributed by atoms with E-state index in [2.05, 4.69) is 25.7 Å². The summed E-state index contributed by atoms with van der Waals surface area (Å²) in [6.45, 7) is 4.23. The first-order valence-electron chi connectivity index (χ1n) is 8.32. The Bertz CT molecular complexity index is 924. The van der Waals surface area contributed by atoms with Crippen molar-refractivity contribution in [3.05, 3.63) is 29.1 Å². The smallest absolute Gasteiger partial charge is 0.227 e. The standard InChI is InChI=1S/C17H19N5O4S/c1-4-25-13-9-11(5-6-12(13)24-3)16-19-15(26-22-16)8-7-14(23)18-17-21-20-10(2)27-17/h5-6,9H,4,7-8H2,1-3H3,(H,18,21,23). The van der Waals surface area contributed by atoms with E-state index in [1.165, 1.54) is 11.3 Å². The number of aryl methyl sites for hydroxylation is 2. The second-order valence-corrected chi connectivity index (χ2v) is 6.67. The highest BCUT2D eigenvalue weighted by Gasteiger charge is 2.14. The fourth-order valence-corrected chi connectivity index (χ4v) is 2.92. The molecule has 10 heteroatoms. The lowest BCUT2D eigenvalue weighted by Crippen LogP contribution is -2.12. The summed E-state index contributed by atoms with van der Waals surface area (Å²) in [5.74, 6) is 1.86. The minimum Gasteiger partial charge on any atom is -0.493 e. The van der Waals surface area contributed by atoms with E-state index in [4.69, 9.17) is 14.0 Å². The highest BCUT2D eigenvalue weighted by atomic mass is 32.1. The van der Waals surface area contributed by atoms with Gasteiger partial charge in [-0.3, -0.25) is 4.79 Å². The summed E-state index contributed by atoms with van der Waals surface area (Å²) in [4.78, 5) is 16.3. The van der Waals surface area contributed by atoms with Crippen LogP contribution in [-0.2, 0) is 11.2 Å². The second-order valence-electron chi connectivity index (χ2n) is 5.48. The number of nitrogens with one attached hydrogen (secondary N) is 1. The van der Waals surface area contributed by atoms with Crippen LogP contribution in [0.15, 0.2) is 22.7 Å². The summed E-state index contributed by atoms with van der Waals surface area (Å²) in [6, 6.07) is 5.40. The summed E-state index contributed by atoms with van der Waals surface area (Å²) in [7, 11) is 1.58. The molecule has 27 heavy (non-hydrogen) atoms. The van der Waals surface area contributed by atoms with Crippen molar-refractivity contribution in [1.29, 1.82) is 0 Å². The number of carbonyl (C=O) groups excluding carboxylic acids is 1. The Morgan fingerprint density at radius 2 is 2.15 bits per heavy atom. The predicted octanol–water partition coefficient (Wildman–Crippen LogP) is 2.88. The van der Waals surface area contributed by atoms with Crippen LogP contribution in [-0.4, -0.2) is 40.0 Å². The number of hydrogen-bond donors (Lipinski definition) is 1. The normalized spacial score (nSPS) is 10.6. The zero-order valence-electron chi connectivity index (χ0n) is 15.2. The van der Waals surface area contributed by atoms with Gasteiger partial charge in [0.25, 0.3) is 0 Å². The third kappa shape index (κ3) is 4.79. The van der Waals surface area contributed by atoms with Gasteiger partial charge in [0.2, 0.25) is 22.8 Å². The summed E-state index contributed by atoms with van der Waals surface area (Å²) >= 11 is 1.32. The number of rotatable bonds is 8. The van der Waals surface area contributed by atoms with E-state index in [0.29, 0.717) is 41.4 Å². The van der Waals surface area contributed by atoms with Crippen LogP contribution < -0.4 is 14.8 Å². The lowest BCUT2D eigenvalue weighted by atomic mass is 10.2. The van der Waals surface area contributed by atoms with Crippen LogP contribution in [0.25, 0.3) is 11.4 Å². The topological polar surface area (TPSA) is 112 Å². The molecule has 9 nitrogen and oxygen atoms in total. The molecule has 0 atom stereocenters. The minimum absolute atomic E-state index is 0.186. The number of methoxy groups -OCH3 is 1. The van der Waals surface area contributed by atoms with E-state index in [0.717, 1.165) is 10.6 Å². The van der Waals surface area contributed by atoms with E-state index in [-0.39, 0.29) is 12.3 Å². The Balaban J connectivity index is 1.62. The van der Waals surface area contributed by atoms with Gasteiger partial charge in [-0.15, -0.1) is 10.2 Å². The Kier molecular flexibility index (Phi) is 5.97. The number of amides is 1. The number of nitrogens with zero attached hydrogens (tertiary/aromatic N) is 4. The van der Waals surface area contributed by atoms with Crippen molar-refractivity contribution < 1.29 is 18.8 Å². The van der Waals surface area contributed by atoms with Crippen LogP contribution in [0.3, 0.4) is 0 Å².